The van der Waals surface area contributed by atoms with Crippen molar-refractivity contribution in [1.29, 1.82) is 0 Å². The molecule has 1 unspecified atom stereocenters. The minimum Gasteiger partial charge on any atom is -0.321 e. The van der Waals surface area contributed by atoms with Gasteiger partial charge in [0.15, 0.2) is 0 Å². The molecular formula is C14H19BrN4. The van der Waals surface area contributed by atoms with E-state index >= 15 is 0 Å². The molecule has 2 rings (SSSR count). The van der Waals surface area contributed by atoms with E-state index in [4.69, 9.17) is 5.73 Å². The van der Waals surface area contributed by atoms with Crippen molar-refractivity contribution in [3.8, 4) is 0 Å². The van der Waals surface area contributed by atoms with Crippen LogP contribution in [0.5, 0.6) is 0 Å². The lowest BCUT2D eigenvalue weighted by Crippen LogP contribution is -2.36. The van der Waals surface area contributed by atoms with Gasteiger partial charge in [0.1, 0.15) is 12.2 Å². The molecule has 0 spiro atoms. The van der Waals surface area contributed by atoms with E-state index in [0.717, 1.165) is 28.8 Å². The predicted molar refractivity (Wildman–Crippen MR) is 79.7 cm³/mol. The van der Waals surface area contributed by atoms with Crippen LogP contribution in [0.3, 0.4) is 0 Å². The summed E-state index contributed by atoms with van der Waals surface area (Å²) < 4.78 is 2.99. The Bertz CT molecular complexity index is 531. The Morgan fingerprint density at radius 2 is 2.00 bits per heavy atom. The molecule has 0 fully saturated rings. The van der Waals surface area contributed by atoms with Crippen LogP contribution >= 0.6 is 15.9 Å². The second-order valence-electron chi connectivity index (χ2n) is 5.00. The Labute approximate surface area is 122 Å². The molecule has 102 valence electrons. The molecule has 0 aliphatic rings. The van der Waals surface area contributed by atoms with Crippen LogP contribution in [0.25, 0.3) is 0 Å². The van der Waals surface area contributed by atoms with Gasteiger partial charge in [0.2, 0.25) is 0 Å². The van der Waals surface area contributed by atoms with Crippen LogP contribution < -0.4 is 5.73 Å². The second-order valence-corrected chi connectivity index (χ2v) is 5.92. The van der Waals surface area contributed by atoms with Crippen LogP contribution in [0, 0.1) is 0 Å². The van der Waals surface area contributed by atoms with Gasteiger partial charge in [0, 0.05) is 23.0 Å². The molecule has 1 aromatic carbocycles. The maximum absolute atomic E-state index is 6.45. The van der Waals surface area contributed by atoms with Crippen LogP contribution in [-0.4, -0.2) is 14.8 Å². The van der Waals surface area contributed by atoms with Crippen molar-refractivity contribution in [1.82, 2.24) is 14.8 Å². The Kier molecular flexibility index (Phi) is 4.37. The topological polar surface area (TPSA) is 56.7 Å². The fourth-order valence-corrected chi connectivity index (χ4v) is 2.35. The summed E-state index contributed by atoms with van der Waals surface area (Å²) in [6.07, 6.45) is 3.31. The Morgan fingerprint density at radius 1 is 1.32 bits per heavy atom. The van der Waals surface area contributed by atoms with E-state index in [9.17, 15) is 0 Å². The quantitative estimate of drug-likeness (QED) is 0.920. The summed E-state index contributed by atoms with van der Waals surface area (Å²) in [6, 6.07) is 8.11. The molecule has 1 aromatic heterocycles. The molecule has 0 aliphatic carbocycles. The van der Waals surface area contributed by atoms with Crippen LogP contribution in [-0.2, 0) is 18.5 Å². The average molecular weight is 323 g/mol. The zero-order valence-electron chi connectivity index (χ0n) is 11.3. The molecule has 0 bridgehead atoms. The van der Waals surface area contributed by atoms with Crippen molar-refractivity contribution < 1.29 is 0 Å². The van der Waals surface area contributed by atoms with Crippen molar-refractivity contribution in [2.45, 2.75) is 38.8 Å². The summed E-state index contributed by atoms with van der Waals surface area (Å²) in [4.78, 5) is 4.33. The van der Waals surface area contributed by atoms with Gasteiger partial charge in [-0.2, -0.15) is 5.10 Å². The molecule has 0 aliphatic heterocycles. The molecule has 0 radical (unpaired) electrons. The number of aryl methyl sites for hydroxylation is 1. The first-order valence-electron chi connectivity index (χ1n) is 6.44. The van der Waals surface area contributed by atoms with Crippen molar-refractivity contribution in [3.63, 3.8) is 0 Å². The highest BCUT2D eigenvalue weighted by molar-refractivity contribution is 9.10. The predicted octanol–water partition coefficient (Wildman–Crippen LogP) is 2.87. The number of aromatic nitrogens is 3. The number of nitrogens with zero attached hydrogens (tertiary/aromatic N) is 3. The molecule has 0 amide bonds. The van der Waals surface area contributed by atoms with Gasteiger partial charge in [-0.25, -0.2) is 4.98 Å². The first kappa shape index (κ1) is 14.2. The van der Waals surface area contributed by atoms with E-state index in [1.807, 2.05) is 35.9 Å². The monoisotopic (exact) mass is 322 g/mol. The van der Waals surface area contributed by atoms with Gasteiger partial charge in [0.25, 0.3) is 0 Å². The maximum atomic E-state index is 6.45. The molecule has 5 heteroatoms. The number of halogens is 1. The maximum Gasteiger partial charge on any atom is 0.138 e. The molecule has 2 N–H and O–H groups in total. The Balaban J connectivity index is 2.20. The van der Waals surface area contributed by atoms with Gasteiger partial charge in [-0.05, 0) is 31.0 Å². The summed E-state index contributed by atoms with van der Waals surface area (Å²) >= 11 is 3.44. The highest BCUT2D eigenvalue weighted by Gasteiger charge is 2.24. The molecule has 19 heavy (non-hydrogen) atoms. The third kappa shape index (κ3) is 3.42. The van der Waals surface area contributed by atoms with Crippen molar-refractivity contribution in [2.24, 2.45) is 5.73 Å². The van der Waals surface area contributed by atoms with Gasteiger partial charge >= 0.3 is 0 Å². The van der Waals surface area contributed by atoms with Gasteiger partial charge in [-0.1, -0.05) is 35.0 Å². The number of nitrogens with two attached hydrogens (primary N) is 1. The van der Waals surface area contributed by atoms with E-state index in [1.165, 1.54) is 0 Å². The molecule has 1 heterocycles. The lowest BCUT2D eigenvalue weighted by molar-refractivity contribution is 0.451. The van der Waals surface area contributed by atoms with E-state index in [-0.39, 0.29) is 0 Å². The molecule has 4 nitrogen and oxygen atoms in total. The standard InChI is InChI=1S/C14H19BrN4/c1-3-8-19-13(17-10-18-19)9-14(2,16)11-4-6-12(15)7-5-11/h4-7,10H,3,8-9,16H2,1-2H3. The van der Waals surface area contributed by atoms with E-state index in [0.29, 0.717) is 6.42 Å². The van der Waals surface area contributed by atoms with Crippen LogP contribution in [0.1, 0.15) is 31.7 Å². The Hall–Kier alpha value is -1.20. The van der Waals surface area contributed by atoms with Gasteiger partial charge in [-0.15, -0.1) is 0 Å². The second kappa shape index (κ2) is 5.84. The molecule has 0 saturated heterocycles. The highest BCUT2D eigenvalue weighted by Crippen LogP contribution is 2.23. The molecule has 0 saturated carbocycles. The SMILES string of the molecule is CCCn1ncnc1CC(C)(N)c1ccc(Br)cc1. The first-order chi connectivity index (χ1) is 9.03. The largest absolute Gasteiger partial charge is 0.321 e. The number of hydrogen-bond acceptors (Lipinski definition) is 3. The highest BCUT2D eigenvalue weighted by atomic mass is 79.9. The van der Waals surface area contributed by atoms with Gasteiger partial charge in [0.05, 0.1) is 0 Å². The molecule has 1 atom stereocenters. The summed E-state index contributed by atoms with van der Waals surface area (Å²) in [5.41, 5.74) is 7.10. The van der Waals surface area contributed by atoms with Crippen molar-refractivity contribution in [2.75, 3.05) is 0 Å². The third-order valence-corrected chi connectivity index (χ3v) is 3.69. The van der Waals surface area contributed by atoms with Gasteiger partial charge < -0.3 is 5.73 Å². The zero-order chi connectivity index (χ0) is 13.9. The summed E-state index contributed by atoms with van der Waals surface area (Å²) in [6.45, 7) is 5.04. The van der Waals surface area contributed by atoms with Crippen molar-refractivity contribution in [3.05, 3.63) is 46.5 Å². The van der Waals surface area contributed by atoms with E-state index < -0.39 is 5.54 Å². The zero-order valence-corrected chi connectivity index (χ0v) is 12.9. The molecular weight excluding hydrogens is 304 g/mol. The minimum absolute atomic E-state index is 0.445. The lowest BCUT2D eigenvalue weighted by Gasteiger charge is -2.25. The molecule has 2 aromatic rings. The van der Waals surface area contributed by atoms with Crippen LogP contribution in [0.4, 0.5) is 0 Å². The fraction of sp³-hybridized carbons (Fsp3) is 0.429. The fourth-order valence-electron chi connectivity index (χ4n) is 2.08. The summed E-state index contributed by atoms with van der Waals surface area (Å²) in [5.74, 6) is 0.940. The number of benzene rings is 1. The summed E-state index contributed by atoms with van der Waals surface area (Å²) in [5, 5.41) is 4.24. The van der Waals surface area contributed by atoms with E-state index in [1.54, 1.807) is 6.33 Å². The third-order valence-electron chi connectivity index (χ3n) is 3.16. The Morgan fingerprint density at radius 3 is 2.63 bits per heavy atom. The van der Waals surface area contributed by atoms with E-state index in [2.05, 4.69) is 32.9 Å². The average Bonchev–Trinajstić information content (AvgIpc) is 2.77. The lowest BCUT2D eigenvalue weighted by atomic mass is 9.89. The normalized spacial score (nSPS) is 14.3. The number of hydrogen-bond donors (Lipinski definition) is 1. The van der Waals surface area contributed by atoms with Crippen molar-refractivity contribution >= 4 is 15.9 Å². The summed E-state index contributed by atoms with van der Waals surface area (Å²) in [7, 11) is 0. The van der Waals surface area contributed by atoms with Crippen LogP contribution in [0.15, 0.2) is 35.1 Å². The van der Waals surface area contributed by atoms with Crippen LogP contribution in [0.2, 0.25) is 0 Å². The van der Waals surface area contributed by atoms with Gasteiger partial charge in [-0.3, -0.25) is 4.68 Å². The minimum atomic E-state index is -0.445. The smallest absolute Gasteiger partial charge is 0.138 e. The number of rotatable bonds is 5. The first-order valence-corrected chi connectivity index (χ1v) is 7.24.